The number of aliphatic hydroxyl groups excluding tert-OH is 1. The van der Waals surface area contributed by atoms with Gasteiger partial charge in [0.25, 0.3) is 0 Å². The first kappa shape index (κ1) is 22.7. The third-order valence-electron chi connectivity index (χ3n) is 9.22. The Morgan fingerprint density at radius 1 is 1.15 bits per heavy atom. The Hall–Kier alpha value is -2.05. The van der Waals surface area contributed by atoms with Gasteiger partial charge in [-0.2, -0.15) is 0 Å². The first-order valence-corrected chi connectivity index (χ1v) is 12.3. The zero-order chi connectivity index (χ0) is 23.5. The van der Waals surface area contributed by atoms with E-state index in [1.54, 1.807) is 14.2 Å². The standard InChI is InChI=1S/C27H37NO5/c1-15-7-6-8-19-12-23-24(25(29)27(15,19)3)20(26(30)33-23)14-28-13-18-11-22(32-5)21(31-4)10-17(18)9-16(28)2/h8,10-11,15-16,20,23-25,29H,6-7,9,12-14H2,1-5H3/t15-,16+,20-,23+,24+,25+,27+/m0/s1. The number of nitrogens with zero attached hydrogens (tertiary/aromatic N) is 1. The van der Waals surface area contributed by atoms with E-state index in [-0.39, 0.29) is 35.4 Å². The molecule has 1 saturated carbocycles. The van der Waals surface area contributed by atoms with Crippen LogP contribution in [-0.4, -0.2) is 55.0 Å². The monoisotopic (exact) mass is 455 g/mol. The molecule has 2 fully saturated rings. The van der Waals surface area contributed by atoms with E-state index in [1.807, 2.05) is 0 Å². The van der Waals surface area contributed by atoms with Gasteiger partial charge in [0.2, 0.25) is 0 Å². The van der Waals surface area contributed by atoms with Crippen molar-refractivity contribution in [2.75, 3.05) is 20.8 Å². The largest absolute Gasteiger partial charge is 0.493 e. The van der Waals surface area contributed by atoms with E-state index < -0.39 is 6.10 Å². The molecule has 6 heteroatoms. The fraction of sp³-hybridized carbons (Fsp3) is 0.667. The quantitative estimate of drug-likeness (QED) is 0.551. The van der Waals surface area contributed by atoms with Crippen molar-refractivity contribution < 1.29 is 24.1 Å². The fourth-order valence-electron chi connectivity index (χ4n) is 6.89. The summed E-state index contributed by atoms with van der Waals surface area (Å²) in [6.45, 7) is 8.00. The van der Waals surface area contributed by atoms with Gasteiger partial charge in [0.05, 0.1) is 26.2 Å². The lowest BCUT2D eigenvalue weighted by Crippen LogP contribution is -2.55. The van der Waals surface area contributed by atoms with Crippen molar-refractivity contribution in [3.05, 3.63) is 34.9 Å². The maximum atomic E-state index is 13.1. The van der Waals surface area contributed by atoms with Crippen molar-refractivity contribution in [2.24, 2.45) is 23.2 Å². The summed E-state index contributed by atoms with van der Waals surface area (Å²) in [6, 6.07) is 4.41. The first-order chi connectivity index (χ1) is 15.8. The second kappa shape index (κ2) is 8.31. The maximum absolute atomic E-state index is 13.1. The highest BCUT2D eigenvalue weighted by atomic mass is 16.6. The molecular formula is C27H37NO5. The number of ether oxygens (including phenoxy) is 3. The minimum absolute atomic E-state index is 0.148. The van der Waals surface area contributed by atoms with Gasteiger partial charge in [-0.1, -0.05) is 25.5 Å². The minimum Gasteiger partial charge on any atom is -0.493 e. The molecule has 2 heterocycles. The number of methoxy groups -OCH3 is 2. The number of esters is 1. The zero-order valence-electron chi connectivity index (χ0n) is 20.5. The van der Waals surface area contributed by atoms with Gasteiger partial charge in [0.1, 0.15) is 6.10 Å². The third-order valence-corrected chi connectivity index (χ3v) is 9.22. The van der Waals surface area contributed by atoms with Gasteiger partial charge in [-0.05, 0) is 55.4 Å². The lowest BCUT2D eigenvalue weighted by atomic mass is 9.55. The molecule has 180 valence electrons. The van der Waals surface area contributed by atoms with Crippen LogP contribution in [0.2, 0.25) is 0 Å². The molecule has 4 aliphatic rings. The van der Waals surface area contributed by atoms with Gasteiger partial charge < -0.3 is 19.3 Å². The van der Waals surface area contributed by atoms with E-state index in [0.29, 0.717) is 12.5 Å². The van der Waals surface area contributed by atoms with E-state index >= 15 is 0 Å². The first-order valence-electron chi connectivity index (χ1n) is 12.3. The van der Waals surface area contributed by atoms with Gasteiger partial charge in [-0.15, -0.1) is 0 Å². The number of fused-ring (bicyclic) bond motifs is 3. The number of hydrogen-bond acceptors (Lipinski definition) is 6. The molecule has 0 radical (unpaired) electrons. The molecule has 0 bridgehead atoms. The summed E-state index contributed by atoms with van der Waals surface area (Å²) in [5, 5.41) is 11.6. The second-order valence-electron chi connectivity index (χ2n) is 10.8. The molecule has 0 amide bonds. The van der Waals surface area contributed by atoms with Gasteiger partial charge in [0.15, 0.2) is 11.5 Å². The van der Waals surface area contributed by atoms with Gasteiger partial charge in [0, 0.05) is 36.9 Å². The highest BCUT2D eigenvalue weighted by molar-refractivity contribution is 5.76. The summed E-state index contributed by atoms with van der Waals surface area (Å²) in [4.78, 5) is 15.4. The van der Waals surface area contributed by atoms with Crippen LogP contribution < -0.4 is 9.47 Å². The number of benzene rings is 1. The summed E-state index contributed by atoms with van der Waals surface area (Å²) in [5.41, 5.74) is 3.48. The van der Waals surface area contributed by atoms with Crippen molar-refractivity contribution in [2.45, 2.75) is 71.2 Å². The molecule has 2 aliphatic heterocycles. The van der Waals surface area contributed by atoms with Gasteiger partial charge >= 0.3 is 5.97 Å². The molecule has 1 N–H and O–H groups in total. The van der Waals surface area contributed by atoms with Crippen LogP contribution in [0.15, 0.2) is 23.8 Å². The highest BCUT2D eigenvalue weighted by Gasteiger charge is 2.60. The maximum Gasteiger partial charge on any atom is 0.311 e. The van der Waals surface area contributed by atoms with E-state index in [9.17, 15) is 9.90 Å². The molecule has 0 aromatic heterocycles. The number of carbonyl (C=O) groups is 1. The van der Waals surface area contributed by atoms with Crippen LogP contribution in [-0.2, 0) is 22.5 Å². The summed E-state index contributed by atoms with van der Waals surface area (Å²) < 4.78 is 16.9. The molecule has 0 spiro atoms. The Labute approximate surface area is 196 Å². The molecule has 1 aromatic carbocycles. The average Bonchev–Trinajstić information content (AvgIpc) is 3.10. The van der Waals surface area contributed by atoms with Crippen molar-refractivity contribution in [1.29, 1.82) is 0 Å². The topological polar surface area (TPSA) is 68.2 Å². The Balaban J connectivity index is 1.40. The number of rotatable bonds is 4. The van der Waals surface area contributed by atoms with Gasteiger partial charge in [-0.25, -0.2) is 0 Å². The van der Waals surface area contributed by atoms with Crippen LogP contribution in [0.5, 0.6) is 11.5 Å². The smallest absolute Gasteiger partial charge is 0.311 e. The lowest BCUT2D eigenvalue weighted by molar-refractivity contribution is -0.145. The number of aliphatic hydroxyl groups is 1. The summed E-state index contributed by atoms with van der Waals surface area (Å²) in [5.74, 6) is 1.27. The third kappa shape index (κ3) is 3.48. The predicted octanol–water partition coefficient (Wildman–Crippen LogP) is 3.74. The molecule has 0 unspecified atom stereocenters. The molecule has 1 aromatic rings. The molecular weight excluding hydrogens is 418 g/mol. The number of carbonyl (C=O) groups excluding carboxylic acids is 1. The van der Waals surface area contributed by atoms with E-state index in [0.717, 1.165) is 43.7 Å². The van der Waals surface area contributed by atoms with Crippen LogP contribution >= 0.6 is 0 Å². The molecule has 7 atom stereocenters. The second-order valence-corrected chi connectivity index (χ2v) is 10.8. The lowest BCUT2D eigenvalue weighted by Gasteiger charge is -2.52. The minimum atomic E-state index is -0.564. The van der Waals surface area contributed by atoms with Crippen molar-refractivity contribution in [3.63, 3.8) is 0 Å². The molecule has 2 aliphatic carbocycles. The SMILES string of the molecule is COc1cc2c(cc1OC)CN(C[C@@H]1C(=O)O[C@@H]3CC4=CCC[C@H](C)[C@@]4(C)[C@H](O)[C@H]13)[C@H](C)C2. The molecule has 5 rings (SSSR count). The Bertz CT molecular complexity index is 974. The van der Waals surface area contributed by atoms with Crippen LogP contribution in [0.1, 0.15) is 51.2 Å². The summed E-state index contributed by atoms with van der Waals surface area (Å²) in [7, 11) is 3.32. The normalized spacial score (nSPS) is 38.0. The van der Waals surface area contributed by atoms with E-state index in [4.69, 9.17) is 14.2 Å². The Morgan fingerprint density at radius 2 is 1.85 bits per heavy atom. The highest BCUT2D eigenvalue weighted by Crippen LogP contribution is 2.56. The van der Waals surface area contributed by atoms with Crippen LogP contribution in [0, 0.1) is 23.2 Å². The zero-order valence-corrected chi connectivity index (χ0v) is 20.5. The average molecular weight is 456 g/mol. The molecule has 1 saturated heterocycles. The summed E-state index contributed by atoms with van der Waals surface area (Å²) >= 11 is 0. The number of hydrogen-bond donors (Lipinski definition) is 1. The molecule has 33 heavy (non-hydrogen) atoms. The van der Waals surface area contributed by atoms with Crippen LogP contribution in [0.4, 0.5) is 0 Å². The fourth-order valence-corrected chi connectivity index (χ4v) is 6.89. The summed E-state index contributed by atoms with van der Waals surface area (Å²) in [6.07, 6.45) is 5.29. The van der Waals surface area contributed by atoms with Crippen LogP contribution in [0.25, 0.3) is 0 Å². The van der Waals surface area contributed by atoms with E-state index in [1.165, 1.54) is 16.7 Å². The molecule has 6 nitrogen and oxygen atoms in total. The van der Waals surface area contributed by atoms with Gasteiger partial charge in [-0.3, -0.25) is 9.69 Å². The van der Waals surface area contributed by atoms with E-state index in [2.05, 4.69) is 43.9 Å². The van der Waals surface area contributed by atoms with Crippen molar-refractivity contribution in [3.8, 4) is 11.5 Å². The van der Waals surface area contributed by atoms with Crippen LogP contribution in [0.3, 0.4) is 0 Å². The Morgan fingerprint density at radius 3 is 2.55 bits per heavy atom. The predicted molar refractivity (Wildman–Crippen MR) is 125 cm³/mol. The van der Waals surface area contributed by atoms with Crippen molar-refractivity contribution >= 4 is 5.97 Å². The van der Waals surface area contributed by atoms with Crippen molar-refractivity contribution in [1.82, 2.24) is 4.90 Å². The number of allylic oxidation sites excluding steroid dienone is 1. The Kier molecular flexibility index (Phi) is 5.73.